The van der Waals surface area contributed by atoms with Crippen molar-refractivity contribution in [2.24, 2.45) is 5.92 Å². The predicted molar refractivity (Wildman–Crippen MR) is 77.8 cm³/mol. The summed E-state index contributed by atoms with van der Waals surface area (Å²) in [5.41, 5.74) is 1.27. The minimum absolute atomic E-state index is 0.246. The Kier molecular flexibility index (Phi) is 4.97. The number of benzene rings is 1. The van der Waals surface area contributed by atoms with Gasteiger partial charge < -0.3 is 10.2 Å². The lowest BCUT2D eigenvalue weighted by molar-refractivity contribution is -0.128. The highest BCUT2D eigenvalue weighted by atomic mass is 16.2. The van der Waals surface area contributed by atoms with Gasteiger partial charge in [-0.15, -0.1) is 0 Å². The molecule has 1 aliphatic rings. The van der Waals surface area contributed by atoms with E-state index in [0.29, 0.717) is 18.2 Å². The first kappa shape index (κ1) is 14.1. The molecule has 19 heavy (non-hydrogen) atoms. The van der Waals surface area contributed by atoms with Gasteiger partial charge in [-0.25, -0.2) is 0 Å². The van der Waals surface area contributed by atoms with Gasteiger partial charge >= 0.3 is 0 Å². The van der Waals surface area contributed by atoms with Crippen LogP contribution in [0.3, 0.4) is 0 Å². The highest BCUT2D eigenvalue weighted by Gasteiger charge is 2.28. The fourth-order valence-electron chi connectivity index (χ4n) is 2.66. The molecule has 3 nitrogen and oxygen atoms in total. The zero-order valence-electron chi connectivity index (χ0n) is 11.9. The Labute approximate surface area is 116 Å². The van der Waals surface area contributed by atoms with Gasteiger partial charge in [0, 0.05) is 25.6 Å². The van der Waals surface area contributed by atoms with Crippen molar-refractivity contribution in [2.75, 3.05) is 19.6 Å². The van der Waals surface area contributed by atoms with Crippen LogP contribution in [0.15, 0.2) is 30.3 Å². The second-order valence-electron chi connectivity index (χ2n) is 5.53. The average molecular weight is 260 g/mol. The highest BCUT2D eigenvalue weighted by Crippen LogP contribution is 2.21. The molecule has 0 radical (unpaired) electrons. The van der Waals surface area contributed by atoms with E-state index in [0.717, 1.165) is 26.1 Å². The summed E-state index contributed by atoms with van der Waals surface area (Å²) in [6.45, 7) is 6.98. The molecule has 1 aromatic carbocycles. The molecule has 2 rings (SSSR count). The van der Waals surface area contributed by atoms with Crippen LogP contribution in [0.4, 0.5) is 0 Å². The molecule has 1 heterocycles. The average Bonchev–Trinajstić information content (AvgIpc) is 2.73. The van der Waals surface area contributed by atoms with Crippen LogP contribution >= 0.6 is 0 Å². The van der Waals surface area contributed by atoms with Crippen molar-refractivity contribution in [1.82, 2.24) is 10.2 Å². The van der Waals surface area contributed by atoms with Crippen LogP contribution in [-0.4, -0.2) is 30.4 Å². The standard InChI is InChI=1S/C16H24N2O/c1-3-9-17-15(14-7-5-4-6-8-14)12-18-11-13(2)10-16(18)19/h4-8,13,15,17H,3,9-12H2,1-2H3. The van der Waals surface area contributed by atoms with Gasteiger partial charge in [0.05, 0.1) is 0 Å². The molecular weight excluding hydrogens is 236 g/mol. The molecule has 1 saturated heterocycles. The predicted octanol–water partition coefficient (Wildman–Crippen LogP) is 2.60. The number of carbonyl (C=O) groups is 1. The van der Waals surface area contributed by atoms with Crippen LogP contribution in [0.5, 0.6) is 0 Å². The largest absolute Gasteiger partial charge is 0.340 e. The van der Waals surface area contributed by atoms with E-state index in [1.54, 1.807) is 0 Å². The molecule has 0 saturated carbocycles. The van der Waals surface area contributed by atoms with Gasteiger partial charge in [-0.2, -0.15) is 0 Å². The zero-order chi connectivity index (χ0) is 13.7. The van der Waals surface area contributed by atoms with Crippen LogP contribution in [0.25, 0.3) is 0 Å². The van der Waals surface area contributed by atoms with E-state index in [1.165, 1.54) is 5.56 Å². The summed E-state index contributed by atoms with van der Waals surface area (Å²) in [6, 6.07) is 10.7. The molecule has 1 aliphatic heterocycles. The highest BCUT2D eigenvalue weighted by molar-refractivity contribution is 5.78. The third-order valence-electron chi connectivity index (χ3n) is 3.65. The van der Waals surface area contributed by atoms with Crippen LogP contribution in [0.2, 0.25) is 0 Å². The maximum atomic E-state index is 11.9. The second-order valence-corrected chi connectivity index (χ2v) is 5.53. The van der Waals surface area contributed by atoms with Crippen LogP contribution < -0.4 is 5.32 Å². The molecule has 0 spiro atoms. The van der Waals surface area contributed by atoms with Crippen molar-refractivity contribution in [3.05, 3.63) is 35.9 Å². The van der Waals surface area contributed by atoms with E-state index in [9.17, 15) is 4.79 Å². The van der Waals surface area contributed by atoms with Crippen LogP contribution in [0.1, 0.15) is 38.3 Å². The molecule has 0 aliphatic carbocycles. The number of rotatable bonds is 6. The van der Waals surface area contributed by atoms with Gasteiger partial charge in [0.1, 0.15) is 0 Å². The molecule has 2 unspecified atom stereocenters. The maximum absolute atomic E-state index is 11.9. The molecule has 104 valence electrons. The Morgan fingerprint density at radius 1 is 1.37 bits per heavy atom. The first-order valence-electron chi connectivity index (χ1n) is 7.26. The third-order valence-corrected chi connectivity index (χ3v) is 3.65. The van der Waals surface area contributed by atoms with Gasteiger partial charge in [-0.1, -0.05) is 44.2 Å². The van der Waals surface area contributed by atoms with E-state index in [1.807, 2.05) is 11.0 Å². The summed E-state index contributed by atoms with van der Waals surface area (Å²) in [6.07, 6.45) is 1.81. The first-order chi connectivity index (χ1) is 9.20. The molecule has 0 aromatic heterocycles. The Morgan fingerprint density at radius 2 is 2.11 bits per heavy atom. The summed E-state index contributed by atoms with van der Waals surface area (Å²) < 4.78 is 0. The number of carbonyl (C=O) groups excluding carboxylic acids is 1. The monoisotopic (exact) mass is 260 g/mol. The van der Waals surface area contributed by atoms with Crippen molar-refractivity contribution in [1.29, 1.82) is 0 Å². The third kappa shape index (κ3) is 3.80. The minimum atomic E-state index is 0.246. The lowest BCUT2D eigenvalue weighted by Gasteiger charge is -2.25. The van der Waals surface area contributed by atoms with Crippen molar-refractivity contribution in [3.8, 4) is 0 Å². The van der Waals surface area contributed by atoms with Crippen LogP contribution in [0, 0.1) is 5.92 Å². The van der Waals surface area contributed by atoms with Crippen molar-refractivity contribution >= 4 is 5.91 Å². The molecule has 1 amide bonds. The van der Waals surface area contributed by atoms with Gasteiger partial charge in [-0.3, -0.25) is 4.79 Å². The molecule has 1 fully saturated rings. The van der Waals surface area contributed by atoms with E-state index >= 15 is 0 Å². The molecule has 1 aromatic rings. The Morgan fingerprint density at radius 3 is 2.68 bits per heavy atom. The molecule has 3 heteroatoms. The van der Waals surface area contributed by atoms with Crippen LogP contribution in [-0.2, 0) is 4.79 Å². The maximum Gasteiger partial charge on any atom is 0.222 e. The van der Waals surface area contributed by atoms with E-state index in [2.05, 4.69) is 43.4 Å². The fourth-order valence-corrected chi connectivity index (χ4v) is 2.66. The van der Waals surface area contributed by atoms with E-state index in [-0.39, 0.29) is 6.04 Å². The lowest BCUT2D eigenvalue weighted by Crippen LogP contribution is -2.36. The fraction of sp³-hybridized carbons (Fsp3) is 0.562. The smallest absolute Gasteiger partial charge is 0.222 e. The van der Waals surface area contributed by atoms with Crippen molar-refractivity contribution in [2.45, 2.75) is 32.7 Å². The number of hydrogen-bond donors (Lipinski definition) is 1. The molecule has 1 N–H and O–H groups in total. The van der Waals surface area contributed by atoms with E-state index in [4.69, 9.17) is 0 Å². The Hall–Kier alpha value is -1.35. The topological polar surface area (TPSA) is 32.3 Å². The normalized spacial score (nSPS) is 20.8. The molecule has 0 bridgehead atoms. The minimum Gasteiger partial charge on any atom is -0.340 e. The summed E-state index contributed by atoms with van der Waals surface area (Å²) in [5.74, 6) is 0.793. The quantitative estimate of drug-likeness (QED) is 0.852. The number of hydrogen-bond acceptors (Lipinski definition) is 2. The second kappa shape index (κ2) is 6.71. The van der Waals surface area contributed by atoms with Crippen molar-refractivity contribution in [3.63, 3.8) is 0 Å². The molecular formula is C16H24N2O. The SMILES string of the molecule is CCCNC(CN1CC(C)CC1=O)c1ccccc1. The summed E-state index contributed by atoms with van der Waals surface area (Å²) in [7, 11) is 0. The van der Waals surface area contributed by atoms with E-state index < -0.39 is 0 Å². The van der Waals surface area contributed by atoms with Gasteiger partial charge in [0.15, 0.2) is 0 Å². The van der Waals surface area contributed by atoms with Gasteiger partial charge in [-0.05, 0) is 24.4 Å². The Bertz CT molecular complexity index is 404. The summed E-state index contributed by atoms with van der Waals surface area (Å²) in [5, 5.41) is 3.55. The zero-order valence-corrected chi connectivity index (χ0v) is 11.9. The summed E-state index contributed by atoms with van der Waals surface area (Å²) in [4.78, 5) is 13.9. The number of amides is 1. The van der Waals surface area contributed by atoms with Gasteiger partial charge in [0.25, 0.3) is 0 Å². The summed E-state index contributed by atoms with van der Waals surface area (Å²) >= 11 is 0. The Balaban J connectivity index is 2.04. The number of likely N-dealkylation sites (tertiary alicyclic amines) is 1. The first-order valence-corrected chi connectivity index (χ1v) is 7.26. The van der Waals surface area contributed by atoms with Crippen molar-refractivity contribution < 1.29 is 4.79 Å². The number of nitrogens with zero attached hydrogens (tertiary/aromatic N) is 1. The lowest BCUT2D eigenvalue weighted by atomic mass is 10.1. The van der Waals surface area contributed by atoms with Gasteiger partial charge in [0.2, 0.25) is 5.91 Å². The molecule has 2 atom stereocenters. The number of nitrogens with one attached hydrogen (secondary N) is 1.